The summed E-state index contributed by atoms with van der Waals surface area (Å²) < 4.78 is 42.8. The summed E-state index contributed by atoms with van der Waals surface area (Å²) in [5, 5.41) is 11.4. The van der Waals surface area contributed by atoms with Crippen LogP contribution < -0.4 is 14.8 Å². The Kier molecular flexibility index (Phi) is 3.97. The fourth-order valence-corrected chi connectivity index (χ4v) is 1.49. The van der Waals surface area contributed by atoms with Crippen LogP contribution in [-0.4, -0.2) is 11.3 Å². The van der Waals surface area contributed by atoms with Crippen LogP contribution in [-0.2, 0) is 6.18 Å². The average molecular weight is 299 g/mol. The molecule has 2 aromatic rings. The normalized spacial score (nSPS) is 11.0. The molecule has 0 radical (unpaired) electrons. The molecule has 21 heavy (non-hydrogen) atoms. The quantitative estimate of drug-likeness (QED) is 0.662. The maximum atomic E-state index is 12.5. The number of para-hydroxylation sites is 1. The highest BCUT2D eigenvalue weighted by atomic mass is 19.4. The van der Waals surface area contributed by atoms with E-state index in [9.17, 15) is 23.2 Å². The molecule has 0 fully saturated rings. The van der Waals surface area contributed by atoms with Gasteiger partial charge in [0.1, 0.15) is 11.9 Å². The number of halogens is 3. The molecule has 1 aromatic carbocycles. The number of hydrogen-bond donors (Lipinski definition) is 2. The van der Waals surface area contributed by atoms with Crippen LogP contribution in [0.5, 0.6) is 5.75 Å². The van der Waals surface area contributed by atoms with Crippen molar-refractivity contribution in [3.8, 4) is 5.75 Å². The van der Waals surface area contributed by atoms with Crippen molar-refractivity contribution in [2.75, 3.05) is 5.32 Å². The summed E-state index contributed by atoms with van der Waals surface area (Å²) in [7, 11) is 0. The third-order valence-electron chi connectivity index (χ3n) is 2.45. The van der Waals surface area contributed by atoms with Gasteiger partial charge in [0, 0.05) is 6.07 Å². The first-order valence-corrected chi connectivity index (χ1v) is 5.72. The van der Waals surface area contributed by atoms with Gasteiger partial charge >= 0.3 is 18.1 Å². The van der Waals surface area contributed by atoms with Crippen LogP contribution in [0.4, 0.5) is 23.8 Å². The van der Waals surface area contributed by atoms with Gasteiger partial charge in [-0.05, 0) is 18.2 Å². The monoisotopic (exact) mass is 299 g/mol. The molecule has 110 valence electrons. The Balaban J connectivity index is 2.14. The number of carbonyl (C=O) groups excluding carboxylic acids is 1. The molecular formula is C13H10F3N2O3+. The van der Waals surface area contributed by atoms with E-state index in [0.29, 0.717) is 16.9 Å². The first-order valence-electron chi connectivity index (χ1n) is 5.72. The smallest absolute Gasteiger partial charge is 0.392 e. The highest BCUT2D eigenvalue weighted by Crippen LogP contribution is 2.29. The van der Waals surface area contributed by atoms with Gasteiger partial charge in [-0.2, -0.15) is 23.3 Å². The molecule has 0 saturated carbocycles. The minimum Gasteiger partial charge on any atom is -0.392 e. The van der Waals surface area contributed by atoms with Crippen molar-refractivity contribution in [1.82, 2.24) is 0 Å². The van der Waals surface area contributed by atoms with E-state index in [4.69, 9.17) is 4.74 Å². The van der Waals surface area contributed by atoms with Crippen molar-refractivity contribution in [3.63, 3.8) is 0 Å². The number of benzene rings is 1. The van der Waals surface area contributed by atoms with E-state index >= 15 is 0 Å². The molecule has 0 spiro atoms. The molecule has 1 amide bonds. The number of hydrogen-bond acceptors (Lipinski definition) is 3. The van der Waals surface area contributed by atoms with Gasteiger partial charge in [-0.3, -0.25) is 0 Å². The number of nitrogens with one attached hydrogen (secondary N) is 1. The van der Waals surface area contributed by atoms with E-state index in [1.807, 2.05) is 5.32 Å². The molecular weight excluding hydrogens is 289 g/mol. The molecule has 0 aliphatic carbocycles. The topological polar surface area (TPSA) is 62.4 Å². The second-order valence-corrected chi connectivity index (χ2v) is 3.97. The number of aromatic nitrogens is 1. The number of amides is 1. The first kappa shape index (κ1) is 14.6. The number of pyridine rings is 1. The van der Waals surface area contributed by atoms with Crippen molar-refractivity contribution in [2.45, 2.75) is 6.18 Å². The van der Waals surface area contributed by atoms with Gasteiger partial charge in [-0.1, -0.05) is 22.9 Å². The Bertz CT molecular complexity index is 645. The lowest BCUT2D eigenvalue weighted by atomic mass is 10.2. The Morgan fingerprint density at radius 3 is 2.48 bits per heavy atom. The Morgan fingerprint density at radius 2 is 1.86 bits per heavy atom. The van der Waals surface area contributed by atoms with E-state index in [0.717, 1.165) is 6.20 Å². The standard InChI is InChI=1S/C13H9F3N2O3/c14-13(15,16)9-6-7-18(20)11(8-9)17-12(19)21-10-4-2-1-3-5-10/h1-8,20H/p+1. The largest absolute Gasteiger partial charge is 0.510 e. The van der Waals surface area contributed by atoms with Gasteiger partial charge in [0.05, 0.1) is 5.56 Å². The first-order chi connectivity index (χ1) is 9.86. The summed E-state index contributed by atoms with van der Waals surface area (Å²) >= 11 is 0. The van der Waals surface area contributed by atoms with Crippen LogP contribution in [0.2, 0.25) is 0 Å². The summed E-state index contributed by atoms with van der Waals surface area (Å²) in [6, 6.07) is 9.22. The van der Waals surface area contributed by atoms with Crippen molar-refractivity contribution >= 4 is 11.9 Å². The highest BCUT2D eigenvalue weighted by Gasteiger charge is 2.33. The second-order valence-electron chi connectivity index (χ2n) is 3.97. The zero-order valence-electron chi connectivity index (χ0n) is 10.5. The van der Waals surface area contributed by atoms with Gasteiger partial charge in [0.2, 0.25) is 0 Å². The lowest BCUT2D eigenvalue weighted by Gasteiger charge is -2.07. The number of nitrogens with zero attached hydrogens (tertiary/aromatic N) is 1. The number of anilines is 1. The van der Waals surface area contributed by atoms with Crippen molar-refractivity contribution in [1.29, 1.82) is 0 Å². The average Bonchev–Trinajstić information content (AvgIpc) is 2.41. The third kappa shape index (κ3) is 3.85. The third-order valence-corrected chi connectivity index (χ3v) is 2.45. The van der Waals surface area contributed by atoms with Gasteiger partial charge in [-0.25, -0.2) is 0 Å². The summed E-state index contributed by atoms with van der Waals surface area (Å²) in [5.74, 6) is -0.253. The van der Waals surface area contributed by atoms with E-state index in [1.165, 1.54) is 12.1 Å². The van der Waals surface area contributed by atoms with Crippen LogP contribution in [0.15, 0.2) is 48.7 Å². The van der Waals surface area contributed by atoms with Crippen LogP contribution in [0.3, 0.4) is 0 Å². The molecule has 5 nitrogen and oxygen atoms in total. The molecule has 0 bridgehead atoms. The number of ether oxygens (including phenoxy) is 1. The zero-order valence-corrected chi connectivity index (χ0v) is 10.5. The van der Waals surface area contributed by atoms with Crippen molar-refractivity contribution < 1.29 is 32.6 Å². The molecule has 0 aliphatic rings. The van der Waals surface area contributed by atoms with Crippen LogP contribution in [0, 0.1) is 0 Å². The fourth-order valence-electron chi connectivity index (χ4n) is 1.49. The van der Waals surface area contributed by atoms with Crippen LogP contribution in [0.1, 0.15) is 5.56 Å². The minimum absolute atomic E-state index is 0.214. The summed E-state index contributed by atoms with van der Waals surface area (Å²) in [4.78, 5) is 11.6. The molecule has 1 aromatic heterocycles. The molecule has 0 unspecified atom stereocenters. The lowest BCUT2D eigenvalue weighted by Crippen LogP contribution is -2.36. The highest BCUT2D eigenvalue weighted by molar-refractivity contribution is 5.84. The lowest BCUT2D eigenvalue weighted by molar-refractivity contribution is -0.893. The maximum absolute atomic E-state index is 12.5. The van der Waals surface area contributed by atoms with Gasteiger partial charge in [0.15, 0.2) is 0 Å². The SMILES string of the molecule is O=C(Nc1cc(C(F)(F)F)cc[n+]1O)Oc1ccccc1. The van der Waals surface area contributed by atoms with Crippen molar-refractivity contribution in [3.05, 3.63) is 54.2 Å². The van der Waals surface area contributed by atoms with Gasteiger partial charge in [0.25, 0.3) is 0 Å². The Labute approximate surface area is 117 Å². The molecule has 1 heterocycles. The number of alkyl halides is 3. The molecule has 0 atom stereocenters. The molecule has 0 saturated heterocycles. The number of carbonyl (C=O) groups is 1. The molecule has 2 N–H and O–H groups in total. The van der Waals surface area contributed by atoms with E-state index in [1.54, 1.807) is 18.2 Å². The summed E-state index contributed by atoms with van der Waals surface area (Å²) in [6.45, 7) is 0. The van der Waals surface area contributed by atoms with E-state index < -0.39 is 23.7 Å². The van der Waals surface area contributed by atoms with Gasteiger partial charge < -0.3 is 9.94 Å². The molecule has 2 rings (SSSR count). The minimum atomic E-state index is -4.59. The zero-order chi connectivity index (χ0) is 15.5. The summed E-state index contributed by atoms with van der Waals surface area (Å²) in [5.41, 5.74) is -1.01. The fraction of sp³-hybridized carbons (Fsp3) is 0.0769. The summed E-state index contributed by atoms with van der Waals surface area (Å²) in [6.07, 6.45) is -4.85. The van der Waals surface area contributed by atoms with E-state index in [2.05, 4.69) is 0 Å². The Morgan fingerprint density at radius 1 is 1.19 bits per heavy atom. The predicted octanol–water partition coefficient (Wildman–Crippen LogP) is 2.84. The number of rotatable bonds is 2. The van der Waals surface area contributed by atoms with Crippen molar-refractivity contribution in [2.24, 2.45) is 0 Å². The molecule has 8 heteroatoms. The van der Waals surface area contributed by atoms with E-state index in [-0.39, 0.29) is 5.75 Å². The molecule has 0 aliphatic heterocycles. The Hall–Kier alpha value is -2.77. The maximum Gasteiger partial charge on any atom is 0.510 e. The van der Waals surface area contributed by atoms with Gasteiger partial charge in [-0.15, -0.1) is 0 Å². The van der Waals surface area contributed by atoms with Crippen LogP contribution >= 0.6 is 0 Å². The van der Waals surface area contributed by atoms with Crippen LogP contribution in [0.25, 0.3) is 0 Å². The second kappa shape index (κ2) is 5.70. The predicted molar refractivity (Wildman–Crippen MR) is 64.9 cm³/mol.